The van der Waals surface area contributed by atoms with Crippen LogP contribution in [0.15, 0.2) is 205 Å². The second-order valence-corrected chi connectivity index (χ2v) is 17.3. The molecule has 0 atom stereocenters. The first kappa shape index (κ1) is 36.1. The first-order valence-electron chi connectivity index (χ1n) is 22.4. The summed E-state index contributed by atoms with van der Waals surface area (Å²) in [5, 5.41) is 14.4. The zero-order valence-corrected chi connectivity index (χ0v) is 35.5. The minimum Gasteiger partial charge on any atom is -0.455 e. The van der Waals surface area contributed by atoms with E-state index in [2.05, 4.69) is 200 Å². The van der Waals surface area contributed by atoms with E-state index in [-0.39, 0.29) is 0 Å². The monoisotopic (exact) mass is 830 g/mol. The average Bonchev–Trinajstić information content (AvgIpc) is 4.03. The van der Waals surface area contributed by atoms with Crippen LogP contribution >= 0.6 is 0 Å². The topological polar surface area (TPSA) is 56.7 Å². The quantitative estimate of drug-likeness (QED) is 0.173. The van der Waals surface area contributed by atoms with Crippen molar-refractivity contribution in [2.75, 3.05) is 0 Å². The van der Waals surface area contributed by atoms with Crippen molar-refractivity contribution in [3.05, 3.63) is 228 Å². The largest absolute Gasteiger partial charge is 0.455 e. The number of para-hydroxylation sites is 3. The van der Waals surface area contributed by atoms with Crippen LogP contribution in [0.3, 0.4) is 0 Å². The Hall–Kier alpha value is -8.41. The van der Waals surface area contributed by atoms with Gasteiger partial charge < -0.3 is 8.98 Å². The van der Waals surface area contributed by atoms with Crippen molar-refractivity contribution in [2.24, 2.45) is 0 Å². The molecular formula is C60H38N4O. The van der Waals surface area contributed by atoms with Crippen molar-refractivity contribution in [3.8, 4) is 61.6 Å². The molecule has 0 fully saturated rings. The highest BCUT2D eigenvalue weighted by molar-refractivity contribution is 6.14. The predicted molar refractivity (Wildman–Crippen MR) is 263 cm³/mol. The van der Waals surface area contributed by atoms with Crippen LogP contribution in [0.25, 0.3) is 105 Å². The Kier molecular flexibility index (Phi) is 7.53. The number of furan rings is 1. The highest BCUT2D eigenvalue weighted by Crippen LogP contribution is 2.61. The van der Waals surface area contributed by atoms with Gasteiger partial charge in [-0.2, -0.15) is 0 Å². The molecular weight excluding hydrogens is 793 g/mol. The molecule has 1 aliphatic heterocycles. The van der Waals surface area contributed by atoms with Gasteiger partial charge in [-0.15, -0.1) is 10.2 Å². The Morgan fingerprint density at radius 3 is 1.95 bits per heavy atom. The van der Waals surface area contributed by atoms with Crippen LogP contribution in [0.1, 0.15) is 35.0 Å². The zero-order valence-electron chi connectivity index (χ0n) is 35.5. The van der Waals surface area contributed by atoms with Gasteiger partial charge in [-0.3, -0.25) is 0 Å². The standard InChI is InChI=1S/C60H38N4O/c1-2-54-61-56(57(63-62-54)38-19-14-18-37(34-38)55-40(36-16-4-3-5-17-36)31-32-46-44-23-9-13-29-53(44)65-59(46)55)39-30-33-49-52(35-39)64-51-28-12-8-22-43(51)45-24-15-27-50(58(45)64)60(49)47-25-10-6-20-41(47)42-21-7-11-26-48(42)60/h3-35H,2H2,1H3. The summed E-state index contributed by atoms with van der Waals surface area (Å²) in [7, 11) is 0. The summed E-state index contributed by atoms with van der Waals surface area (Å²) in [6.07, 6.45) is 0.659. The molecule has 3 aromatic heterocycles. The number of nitrogens with zero attached hydrogens (tertiary/aromatic N) is 4. The van der Waals surface area contributed by atoms with Gasteiger partial charge >= 0.3 is 0 Å². The lowest BCUT2D eigenvalue weighted by atomic mass is 9.65. The highest BCUT2D eigenvalue weighted by Gasteiger charge is 2.50. The molecule has 5 nitrogen and oxygen atoms in total. The summed E-state index contributed by atoms with van der Waals surface area (Å²) in [6.45, 7) is 2.09. The average molecular weight is 831 g/mol. The lowest BCUT2D eigenvalue weighted by molar-refractivity contribution is 0.670. The summed E-state index contributed by atoms with van der Waals surface area (Å²) in [4.78, 5) is 5.34. The molecule has 1 aliphatic carbocycles. The van der Waals surface area contributed by atoms with Crippen molar-refractivity contribution in [2.45, 2.75) is 18.8 Å². The van der Waals surface area contributed by atoms with Crippen LogP contribution in [0, 0.1) is 0 Å². The lowest BCUT2D eigenvalue weighted by Crippen LogP contribution is -2.33. The van der Waals surface area contributed by atoms with Gasteiger partial charge in [0.2, 0.25) is 0 Å². The summed E-state index contributed by atoms with van der Waals surface area (Å²) in [6, 6.07) is 72.6. The van der Waals surface area contributed by atoms with Crippen LogP contribution in [0.5, 0.6) is 0 Å². The molecule has 304 valence electrons. The van der Waals surface area contributed by atoms with Crippen LogP contribution in [0.4, 0.5) is 0 Å². The van der Waals surface area contributed by atoms with Crippen LogP contribution in [-0.2, 0) is 11.8 Å². The van der Waals surface area contributed by atoms with Crippen LogP contribution in [0.2, 0.25) is 0 Å². The number of hydrogen-bond acceptors (Lipinski definition) is 4. The Morgan fingerprint density at radius 2 is 1.12 bits per heavy atom. The molecule has 0 radical (unpaired) electrons. The minimum atomic E-state index is -0.533. The SMILES string of the molecule is CCc1nnc(-c2cccc(-c3c(-c4ccccc4)ccc4c3oc3ccccc34)c2)c(-c2ccc3c(c2)-n2c4ccccc4c4cccc(c42)C32c3ccccc3-c3ccccc32)n1. The van der Waals surface area contributed by atoms with Gasteiger partial charge in [-0.05, 0) is 80.4 Å². The van der Waals surface area contributed by atoms with Crippen molar-refractivity contribution in [1.29, 1.82) is 0 Å². The molecule has 0 amide bonds. The third-order valence-electron chi connectivity index (χ3n) is 14.1. The molecule has 65 heavy (non-hydrogen) atoms. The van der Waals surface area contributed by atoms with E-state index < -0.39 is 5.41 Å². The number of hydrogen-bond donors (Lipinski definition) is 0. The summed E-state index contributed by atoms with van der Waals surface area (Å²) in [5.41, 5.74) is 20.2. The maximum absolute atomic E-state index is 6.74. The number of aryl methyl sites for hydroxylation is 1. The zero-order chi connectivity index (χ0) is 42.8. The summed E-state index contributed by atoms with van der Waals surface area (Å²) >= 11 is 0. The van der Waals surface area contributed by atoms with Crippen molar-refractivity contribution >= 4 is 43.7 Å². The molecule has 0 bridgehead atoms. The molecule has 0 saturated heterocycles. The second kappa shape index (κ2) is 13.5. The number of fused-ring (bicyclic) bond motifs is 15. The Bertz CT molecular complexity index is 3910. The molecule has 4 heterocycles. The smallest absolute Gasteiger partial charge is 0.151 e. The van der Waals surface area contributed by atoms with Gasteiger partial charge in [-0.1, -0.05) is 177 Å². The number of rotatable bonds is 5. The molecule has 14 rings (SSSR count). The molecule has 0 N–H and O–H groups in total. The van der Waals surface area contributed by atoms with Gasteiger partial charge in [0.25, 0.3) is 0 Å². The van der Waals surface area contributed by atoms with E-state index in [0.29, 0.717) is 12.2 Å². The minimum absolute atomic E-state index is 0.533. The third kappa shape index (κ3) is 4.90. The second-order valence-electron chi connectivity index (χ2n) is 17.3. The lowest BCUT2D eigenvalue weighted by Gasteiger charge is -2.39. The third-order valence-corrected chi connectivity index (χ3v) is 14.1. The van der Waals surface area contributed by atoms with Crippen LogP contribution in [-0.4, -0.2) is 19.7 Å². The molecule has 1 spiro atoms. The van der Waals surface area contributed by atoms with Crippen LogP contribution < -0.4 is 0 Å². The molecule has 12 aromatic rings. The summed E-state index contributed by atoms with van der Waals surface area (Å²) in [5.74, 6) is 0.699. The van der Waals surface area contributed by atoms with Crippen molar-refractivity contribution < 1.29 is 4.42 Å². The molecule has 0 unspecified atom stereocenters. The van der Waals surface area contributed by atoms with Gasteiger partial charge in [-0.25, -0.2) is 4.98 Å². The Balaban J connectivity index is 1.02. The van der Waals surface area contributed by atoms with Gasteiger partial charge in [0.05, 0.1) is 22.1 Å². The maximum atomic E-state index is 6.74. The Labute approximate surface area is 374 Å². The number of aromatic nitrogens is 4. The molecule has 5 heteroatoms. The fourth-order valence-electron chi connectivity index (χ4n) is 11.4. The van der Waals surface area contributed by atoms with E-state index in [4.69, 9.17) is 19.6 Å². The normalized spacial score (nSPS) is 13.2. The van der Waals surface area contributed by atoms with E-state index in [1.807, 2.05) is 12.1 Å². The van der Waals surface area contributed by atoms with Gasteiger partial charge in [0.15, 0.2) is 5.82 Å². The fraction of sp³-hybridized carbons (Fsp3) is 0.0500. The van der Waals surface area contributed by atoms with Gasteiger partial charge in [0.1, 0.15) is 22.6 Å². The maximum Gasteiger partial charge on any atom is 0.151 e. The molecule has 2 aliphatic rings. The van der Waals surface area contributed by atoms with Crippen molar-refractivity contribution in [3.63, 3.8) is 0 Å². The number of benzene rings is 9. The van der Waals surface area contributed by atoms with Gasteiger partial charge in [0, 0.05) is 44.7 Å². The molecule has 0 saturated carbocycles. The summed E-state index contributed by atoms with van der Waals surface area (Å²) < 4.78 is 9.24. The van der Waals surface area contributed by atoms with E-state index in [1.54, 1.807) is 0 Å². The van der Waals surface area contributed by atoms with Crippen molar-refractivity contribution in [1.82, 2.24) is 19.7 Å². The molecule has 9 aromatic carbocycles. The van der Waals surface area contributed by atoms with E-state index in [0.717, 1.165) is 72.4 Å². The Morgan fingerprint density at radius 1 is 0.462 bits per heavy atom. The first-order valence-corrected chi connectivity index (χ1v) is 22.4. The van der Waals surface area contributed by atoms with E-state index in [9.17, 15) is 0 Å². The first-order chi connectivity index (χ1) is 32.2. The fourth-order valence-corrected chi connectivity index (χ4v) is 11.4. The highest BCUT2D eigenvalue weighted by atomic mass is 16.3. The van der Waals surface area contributed by atoms with E-state index in [1.165, 1.54) is 55.2 Å². The predicted octanol–water partition coefficient (Wildman–Crippen LogP) is 14.8. The van der Waals surface area contributed by atoms with E-state index >= 15 is 0 Å².